The molecule has 0 radical (unpaired) electrons. The highest BCUT2D eigenvalue weighted by molar-refractivity contribution is 9.10. The molecule has 1 aromatic carbocycles. The average molecular weight is 525 g/mol. The summed E-state index contributed by atoms with van der Waals surface area (Å²) in [4.78, 5) is 23.6. The molecule has 25 heavy (non-hydrogen) atoms. The van der Waals surface area contributed by atoms with E-state index in [-0.39, 0.29) is 10.1 Å². The lowest BCUT2D eigenvalue weighted by Gasteiger charge is -2.34. The van der Waals surface area contributed by atoms with E-state index in [1.807, 2.05) is 0 Å². The number of anilines is 1. The Labute approximate surface area is 181 Å². The third-order valence-corrected chi connectivity index (χ3v) is 9.78. The van der Waals surface area contributed by atoms with Gasteiger partial charge < -0.3 is 0 Å². The van der Waals surface area contributed by atoms with Crippen LogP contribution in [0.3, 0.4) is 0 Å². The van der Waals surface area contributed by atoms with Gasteiger partial charge in [0.1, 0.15) is 9.75 Å². The number of nitrogens with zero attached hydrogens (tertiary/aromatic N) is 1. The number of carbonyl (C=O) groups excluding carboxylic acids is 2. The highest BCUT2D eigenvalue weighted by atomic mass is 79.9. The third-order valence-electron chi connectivity index (χ3n) is 4.99. The largest absolute Gasteiger partial charge is 0.274 e. The van der Waals surface area contributed by atoms with Crippen LogP contribution < -0.4 is 4.90 Å². The minimum absolute atomic E-state index is 0.101. The molecule has 0 N–H and O–H groups in total. The molecule has 10 heteroatoms. The Bertz CT molecular complexity index is 825. The first-order valence-electron chi connectivity index (χ1n) is 6.96. The zero-order valence-electron chi connectivity index (χ0n) is 11.9. The minimum atomic E-state index is -1.91. The number of benzene rings is 1. The molecule has 1 saturated carbocycles. The van der Waals surface area contributed by atoms with Crippen LogP contribution in [0.2, 0.25) is 0 Å². The lowest BCUT2D eigenvalue weighted by atomic mass is 9.84. The topological polar surface area (TPSA) is 37.4 Å². The normalized spacial score (nSPS) is 38.8. The summed E-state index contributed by atoms with van der Waals surface area (Å²) in [5.74, 6) is -3.37. The Morgan fingerprint density at radius 2 is 1.24 bits per heavy atom. The molecule has 0 unspecified atom stereocenters. The summed E-state index contributed by atoms with van der Waals surface area (Å²) >= 11 is 41.9. The second-order valence-electron chi connectivity index (χ2n) is 6.07. The Kier molecular flexibility index (Phi) is 4.06. The van der Waals surface area contributed by atoms with Crippen LogP contribution in [0.1, 0.15) is 0 Å². The second-order valence-corrected chi connectivity index (χ2v) is 10.3. The fourth-order valence-corrected chi connectivity index (χ4v) is 7.03. The van der Waals surface area contributed by atoms with Crippen molar-refractivity contribution in [2.45, 2.75) is 14.1 Å². The molecule has 2 fully saturated rings. The van der Waals surface area contributed by atoms with Crippen LogP contribution >= 0.6 is 85.5 Å². The molecule has 2 amide bonds. The lowest BCUT2D eigenvalue weighted by molar-refractivity contribution is -0.123. The maximum absolute atomic E-state index is 13.1. The summed E-state index contributed by atoms with van der Waals surface area (Å²) in [5.41, 5.74) is 0.384. The fourth-order valence-electron chi connectivity index (χ4n) is 3.84. The molecule has 1 heterocycles. The highest BCUT2D eigenvalue weighted by Crippen LogP contribution is 2.77. The van der Waals surface area contributed by atoms with Gasteiger partial charge in [-0.3, -0.25) is 9.59 Å². The Balaban J connectivity index is 1.90. The van der Waals surface area contributed by atoms with Gasteiger partial charge in [-0.1, -0.05) is 62.3 Å². The van der Waals surface area contributed by atoms with Gasteiger partial charge >= 0.3 is 0 Å². The van der Waals surface area contributed by atoms with Crippen molar-refractivity contribution in [2.24, 2.45) is 11.8 Å². The summed E-state index contributed by atoms with van der Waals surface area (Å²) in [6.07, 6.45) is 0. The number of alkyl halides is 4. The molecule has 4 rings (SSSR count). The average Bonchev–Trinajstić information content (AvgIpc) is 2.94. The number of hydrogen-bond donors (Lipinski definition) is 0. The van der Waals surface area contributed by atoms with Gasteiger partial charge in [0.05, 0.1) is 27.6 Å². The van der Waals surface area contributed by atoms with Gasteiger partial charge in [-0.15, -0.1) is 23.2 Å². The van der Waals surface area contributed by atoms with E-state index in [0.717, 1.165) is 9.37 Å². The molecule has 0 aromatic heterocycles. The molecule has 2 bridgehead atoms. The number of imide groups is 1. The zero-order chi connectivity index (χ0) is 18.5. The molecule has 3 aliphatic rings. The van der Waals surface area contributed by atoms with Gasteiger partial charge in [-0.2, -0.15) is 0 Å². The summed E-state index contributed by atoms with van der Waals surface area (Å²) in [6, 6.07) is 6.65. The number of amides is 2. The standard InChI is InChI=1S/C15H6BrCl6NO2/c16-5-1-3-6(4-2-5)23-11(24)7-8(12(23)25)14(20)10(18)9(17)13(7,19)15(14,21)22/h1-4,7-8H/t7-,8-,13+,14+/m0/s1. The zero-order valence-corrected chi connectivity index (χ0v) is 18.0. The Morgan fingerprint density at radius 1 is 0.840 bits per heavy atom. The van der Waals surface area contributed by atoms with Gasteiger partial charge in [0.25, 0.3) is 0 Å². The Morgan fingerprint density at radius 3 is 1.64 bits per heavy atom. The van der Waals surface area contributed by atoms with Crippen LogP contribution in [0.25, 0.3) is 0 Å². The smallest absolute Gasteiger partial charge is 0.240 e. The van der Waals surface area contributed by atoms with Crippen LogP contribution in [0, 0.1) is 11.8 Å². The van der Waals surface area contributed by atoms with Crippen LogP contribution in [0.4, 0.5) is 5.69 Å². The monoisotopic (exact) mass is 521 g/mol. The second kappa shape index (κ2) is 5.44. The maximum Gasteiger partial charge on any atom is 0.240 e. The molecular weight excluding hydrogens is 519 g/mol. The van der Waals surface area contributed by atoms with E-state index in [9.17, 15) is 9.59 Å². The molecule has 3 nitrogen and oxygen atoms in total. The highest BCUT2D eigenvalue weighted by Gasteiger charge is 2.87. The molecule has 2 aliphatic carbocycles. The minimum Gasteiger partial charge on any atom is -0.274 e. The lowest BCUT2D eigenvalue weighted by Crippen LogP contribution is -2.50. The van der Waals surface area contributed by atoms with Crippen molar-refractivity contribution in [1.29, 1.82) is 0 Å². The van der Waals surface area contributed by atoms with E-state index in [4.69, 9.17) is 69.6 Å². The first-order valence-corrected chi connectivity index (χ1v) is 10.0. The van der Waals surface area contributed by atoms with Gasteiger partial charge in [0, 0.05) is 4.47 Å². The quantitative estimate of drug-likeness (QED) is 0.364. The molecule has 1 saturated heterocycles. The number of rotatable bonds is 1. The van der Waals surface area contributed by atoms with Crippen molar-refractivity contribution >= 4 is 103 Å². The van der Waals surface area contributed by atoms with E-state index >= 15 is 0 Å². The molecule has 132 valence electrons. The van der Waals surface area contributed by atoms with Gasteiger partial charge in [-0.05, 0) is 24.3 Å². The predicted molar refractivity (Wildman–Crippen MR) is 104 cm³/mol. The Hall–Kier alpha value is 0.320. The van der Waals surface area contributed by atoms with E-state index in [1.165, 1.54) is 0 Å². The number of carbonyl (C=O) groups is 2. The van der Waals surface area contributed by atoms with Crippen molar-refractivity contribution in [3.05, 3.63) is 38.8 Å². The molecule has 0 spiro atoms. The summed E-state index contributed by atoms with van der Waals surface area (Å²) in [7, 11) is 0. The maximum atomic E-state index is 13.1. The summed E-state index contributed by atoms with van der Waals surface area (Å²) in [5, 5.41) is -0.202. The first-order chi connectivity index (χ1) is 11.5. The summed E-state index contributed by atoms with van der Waals surface area (Å²) in [6.45, 7) is 0. The van der Waals surface area contributed by atoms with Gasteiger partial charge in [-0.25, -0.2) is 4.90 Å². The van der Waals surface area contributed by atoms with Crippen molar-refractivity contribution in [3.63, 3.8) is 0 Å². The van der Waals surface area contributed by atoms with E-state index in [2.05, 4.69) is 15.9 Å². The van der Waals surface area contributed by atoms with Crippen molar-refractivity contribution in [3.8, 4) is 0 Å². The first kappa shape index (κ1) is 18.7. The van der Waals surface area contributed by atoms with E-state index < -0.39 is 37.7 Å². The predicted octanol–water partition coefficient (Wildman–Crippen LogP) is 5.40. The fraction of sp³-hybridized carbons (Fsp3) is 0.333. The van der Waals surface area contributed by atoms with Crippen LogP contribution in [-0.2, 0) is 9.59 Å². The van der Waals surface area contributed by atoms with Crippen LogP contribution in [0.5, 0.6) is 0 Å². The van der Waals surface area contributed by atoms with Gasteiger partial charge in [0.15, 0.2) is 4.33 Å². The SMILES string of the molecule is O=C1[C@@H]2[C@@H](C(=O)N1c1ccc(Br)cc1)[C@@]1(Cl)C(Cl)=C(Cl)[C@@]2(Cl)C1(Cl)Cl. The molecule has 4 atom stereocenters. The van der Waals surface area contributed by atoms with E-state index in [0.29, 0.717) is 5.69 Å². The van der Waals surface area contributed by atoms with Crippen molar-refractivity contribution < 1.29 is 9.59 Å². The van der Waals surface area contributed by atoms with Crippen LogP contribution in [0.15, 0.2) is 38.8 Å². The van der Waals surface area contributed by atoms with Gasteiger partial charge in [0.2, 0.25) is 11.8 Å². The molecule has 1 aliphatic heterocycles. The molecule has 1 aromatic rings. The van der Waals surface area contributed by atoms with Crippen molar-refractivity contribution in [1.82, 2.24) is 0 Å². The molecular formula is C15H6BrCl6NO2. The third kappa shape index (κ3) is 1.88. The summed E-state index contributed by atoms with van der Waals surface area (Å²) < 4.78 is -1.12. The van der Waals surface area contributed by atoms with E-state index in [1.54, 1.807) is 24.3 Å². The number of fused-ring (bicyclic) bond motifs is 5. The number of hydrogen-bond acceptors (Lipinski definition) is 2. The number of allylic oxidation sites excluding steroid dienone is 2. The van der Waals surface area contributed by atoms with Crippen molar-refractivity contribution in [2.75, 3.05) is 4.90 Å². The van der Waals surface area contributed by atoms with Crippen LogP contribution in [-0.4, -0.2) is 25.9 Å². The number of halogens is 7.